The molecule has 0 fully saturated rings. The molecule has 1 unspecified atom stereocenters. The van der Waals surface area contributed by atoms with Crippen LogP contribution in [0.15, 0.2) is 23.1 Å². The van der Waals surface area contributed by atoms with Crippen molar-refractivity contribution in [3.8, 4) is 0 Å². The van der Waals surface area contributed by atoms with Gasteiger partial charge in [-0.1, -0.05) is 36.2 Å². The molecule has 1 rings (SSSR count). The van der Waals surface area contributed by atoms with Crippen molar-refractivity contribution in [3.63, 3.8) is 0 Å². The molecule has 0 saturated carbocycles. The summed E-state index contributed by atoms with van der Waals surface area (Å²) in [4.78, 5) is 0.0263. The van der Waals surface area contributed by atoms with Gasteiger partial charge in [0.2, 0.25) is 0 Å². The Morgan fingerprint density at radius 3 is 2.33 bits per heavy atom. The lowest BCUT2D eigenvalue weighted by Gasteiger charge is -2.10. The highest BCUT2D eigenvalue weighted by Crippen LogP contribution is 2.30. The van der Waals surface area contributed by atoms with Gasteiger partial charge in [-0.05, 0) is 31.4 Å². The Hall–Kier alpha value is -0.290. The van der Waals surface area contributed by atoms with Gasteiger partial charge in [0.05, 0.1) is 15.8 Å². The quantitative estimate of drug-likeness (QED) is 0.877. The summed E-state index contributed by atoms with van der Waals surface area (Å²) in [6, 6.07) is 4.72. The molecule has 0 spiro atoms. The Balaban J connectivity index is 2.81. The van der Waals surface area contributed by atoms with Crippen molar-refractivity contribution in [2.75, 3.05) is 5.75 Å². The van der Waals surface area contributed by atoms with Crippen molar-refractivity contribution in [2.45, 2.75) is 37.1 Å². The largest absolute Gasteiger partial charge is 0.328 e. The minimum Gasteiger partial charge on any atom is -0.328 e. The van der Waals surface area contributed by atoms with Crippen LogP contribution < -0.4 is 5.73 Å². The van der Waals surface area contributed by atoms with Gasteiger partial charge in [0.1, 0.15) is 4.90 Å². The van der Waals surface area contributed by atoms with E-state index in [0.717, 1.165) is 6.42 Å². The van der Waals surface area contributed by atoms with Crippen LogP contribution in [0.25, 0.3) is 0 Å². The summed E-state index contributed by atoms with van der Waals surface area (Å²) in [6.07, 6.45) is 2.03. The minimum atomic E-state index is -3.44. The van der Waals surface area contributed by atoms with Crippen LogP contribution in [0, 0.1) is 0 Å². The van der Waals surface area contributed by atoms with Crippen LogP contribution in [0.4, 0.5) is 0 Å². The molecule has 0 saturated heterocycles. The first-order valence-corrected chi connectivity index (χ1v) is 8.21. The molecule has 6 heteroatoms. The molecular formula is C12H17Cl2NO2S. The van der Waals surface area contributed by atoms with E-state index < -0.39 is 9.84 Å². The van der Waals surface area contributed by atoms with E-state index in [1.54, 1.807) is 6.07 Å². The van der Waals surface area contributed by atoms with Gasteiger partial charge in [0.15, 0.2) is 9.84 Å². The maximum Gasteiger partial charge on any atom is 0.181 e. The molecule has 1 aromatic carbocycles. The lowest BCUT2D eigenvalue weighted by molar-refractivity contribution is 0.567. The molecule has 0 aliphatic carbocycles. The fourth-order valence-corrected chi connectivity index (χ4v) is 4.21. The zero-order valence-corrected chi connectivity index (χ0v) is 12.5. The van der Waals surface area contributed by atoms with Crippen molar-refractivity contribution in [1.29, 1.82) is 0 Å². The molecule has 2 N–H and O–H groups in total. The van der Waals surface area contributed by atoms with Crippen molar-refractivity contribution in [2.24, 2.45) is 5.73 Å². The molecule has 1 aromatic rings. The molecule has 102 valence electrons. The number of rotatable bonds is 6. The third-order valence-electron chi connectivity index (χ3n) is 2.74. The lowest BCUT2D eigenvalue weighted by atomic mass is 10.1. The number of nitrogens with two attached hydrogens (primary N) is 1. The van der Waals surface area contributed by atoms with Crippen molar-refractivity contribution >= 4 is 33.0 Å². The van der Waals surface area contributed by atoms with E-state index >= 15 is 0 Å². The molecule has 3 nitrogen and oxygen atoms in total. The normalized spacial score (nSPS) is 13.6. The number of hydrogen-bond donors (Lipinski definition) is 1. The van der Waals surface area contributed by atoms with Crippen LogP contribution in [0.1, 0.15) is 26.2 Å². The Morgan fingerprint density at radius 2 is 1.83 bits per heavy atom. The molecule has 0 aliphatic rings. The summed E-state index contributed by atoms with van der Waals surface area (Å²) >= 11 is 11.8. The van der Waals surface area contributed by atoms with E-state index in [0.29, 0.717) is 12.8 Å². The van der Waals surface area contributed by atoms with Gasteiger partial charge in [-0.3, -0.25) is 0 Å². The van der Waals surface area contributed by atoms with Crippen LogP contribution in [0.5, 0.6) is 0 Å². The van der Waals surface area contributed by atoms with E-state index in [4.69, 9.17) is 28.9 Å². The number of hydrogen-bond acceptors (Lipinski definition) is 3. The van der Waals surface area contributed by atoms with Crippen LogP contribution in [-0.4, -0.2) is 20.2 Å². The van der Waals surface area contributed by atoms with Crippen molar-refractivity contribution < 1.29 is 8.42 Å². The second-order valence-electron chi connectivity index (χ2n) is 4.18. The van der Waals surface area contributed by atoms with E-state index in [2.05, 4.69) is 0 Å². The van der Waals surface area contributed by atoms with Crippen LogP contribution in [0.3, 0.4) is 0 Å². The van der Waals surface area contributed by atoms with Gasteiger partial charge >= 0.3 is 0 Å². The number of sulfone groups is 1. The molecule has 0 amide bonds. The van der Waals surface area contributed by atoms with Crippen LogP contribution in [-0.2, 0) is 9.84 Å². The monoisotopic (exact) mass is 309 g/mol. The standard InChI is InChI=1S/C12H17Cl2NO2S/c1-2-9(15)5-4-8-18(16,17)12-10(13)6-3-7-11(12)14/h3,6-7,9H,2,4-5,8,15H2,1H3. The highest BCUT2D eigenvalue weighted by Gasteiger charge is 2.21. The molecule has 18 heavy (non-hydrogen) atoms. The van der Waals surface area contributed by atoms with Gasteiger partial charge in [-0.15, -0.1) is 0 Å². The smallest absolute Gasteiger partial charge is 0.181 e. The Labute approximate surface area is 118 Å². The maximum absolute atomic E-state index is 12.1. The van der Waals surface area contributed by atoms with Crippen molar-refractivity contribution in [1.82, 2.24) is 0 Å². The topological polar surface area (TPSA) is 60.2 Å². The molecule has 1 atom stereocenters. The summed E-state index contributed by atoms with van der Waals surface area (Å²) in [7, 11) is -3.44. The SMILES string of the molecule is CCC(N)CCCS(=O)(=O)c1c(Cl)cccc1Cl. The second-order valence-corrected chi connectivity index (χ2v) is 7.04. The predicted molar refractivity (Wildman–Crippen MR) is 76.0 cm³/mol. The molecule has 0 aromatic heterocycles. The zero-order valence-electron chi connectivity index (χ0n) is 10.2. The average Bonchev–Trinajstić information content (AvgIpc) is 2.27. The Bertz CT molecular complexity index is 483. The third kappa shape index (κ3) is 4.12. The van der Waals surface area contributed by atoms with Gasteiger partial charge in [-0.2, -0.15) is 0 Å². The van der Waals surface area contributed by atoms with Crippen molar-refractivity contribution in [3.05, 3.63) is 28.2 Å². The first kappa shape index (κ1) is 15.8. The molecule has 0 aliphatic heterocycles. The predicted octanol–water partition coefficient (Wildman–Crippen LogP) is 3.28. The molecule has 0 bridgehead atoms. The first-order valence-electron chi connectivity index (χ1n) is 5.81. The lowest BCUT2D eigenvalue weighted by Crippen LogP contribution is -2.20. The van der Waals surface area contributed by atoms with E-state index in [9.17, 15) is 8.42 Å². The molecule has 0 heterocycles. The average molecular weight is 310 g/mol. The number of halogens is 2. The van der Waals surface area contributed by atoms with Crippen LogP contribution >= 0.6 is 23.2 Å². The first-order chi connectivity index (χ1) is 8.38. The summed E-state index contributed by atoms with van der Waals surface area (Å²) in [6.45, 7) is 1.98. The van der Waals surface area contributed by atoms with E-state index in [1.807, 2.05) is 6.92 Å². The fourth-order valence-electron chi connectivity index (χ4n) is 1.62. The van der Waals surface area contributed by atoms with Gasteiger partial charge in [0.25, 0.3) is 0 Å². The summed E-state index contributed by atoms with van der Waals surface area (Å²) < 4.78 is 24.3. The molecule has 0 radical (unpaired) electrons. The summed E-state index contributed by atoms with van der Waals surface area (Å²) in [5, 5.41) is 0.338. The maximum atomic E-state index is 12.1. The molecular weight excluding hydrogens is 293 g/mol. The third-order valence-corrected chi connectivity index (χ3v) is 5.48. The Morgan fingerprint density at radius 1 is 1.28 bits per heavy atom. The number of benzene rings is 1. The highest BCUT2D eigenvalue weighted by molar-refractivity contribution is 7.91. The second kappa shape index (κ2) is 6.75. The van der Waals surface area contributed by atoms with Crippen LogP contribution in [0.2, 0.25) is 10.0 Å². The summed E-state index contributed by atoms with van der Waals surface area (Å²) in [5.41, 5.74) is 5.75. The summed E-state index contributed by atoms with van der Waals surface area (Å²) in [5.74, 6) is 0.0180. The fraction of sp³-hybridized carbons (Fsp3) is 0.500. The minimum absolute atomic E-state index is 0.0180. The van der Waals surface area contributed by atoms with Gasteiger partial charge in [0, 0.05) is 6.04 Å². The zero-order chi connectivity index (χ0) is 13.8. The highest BCUT2D eigenvalue weighted by atomic mass is 35.5. The van der Waals surface area contributed by atoms with Gasteiger partial charge in [-0.25, -0.2) is 8.42 Å². The van der Waals surface area contributed by atoms with E-state index in [-0.39, 0.29) is 26.7 Å². The van der Waals surface area contributed by atoms with Gasteiger partial charge < -0.3 is 5.73 Å². The Kier molecular flexibility index (Phi) is 5.92. The van der Waals surface area contributed by atoms with E-state index in [1.165, 1.54) is 12.1 Å².